The van der Waals surface area contributed by atoms with Gasteiger partial charge in [-0.2, -0.15) is 0 Å². The number of allylic oxidation sites excluding steroid dienone is 1. The summed E-state index contributed by atoms with van der Waals surface area (Å²) >= 11 is 0. The minimum absolute atomic E-state index is 0.184. The summed E-state index contributed by atoms with van der Waals surface area (Å²) in [5.74, 6) is -0.770. The SMILES string of the molecule is CCCCCCCCc1cc2c(cc1/C(C)=C/c1ccccc1C(=O)O)C(C)(C)CCS2(=O)=O. The predicted octanol–water partition coefficient (Wildman–Crippen LogP) is 7.30. The van der Waals surface area contributed by atoms with Crippen LogP contribution < -0.4 is 0 Å². The van der Waals surface area contributed by atoms with Crippen LogP contribution in [-0.2, 0) is 21.7 Å². The van der Waals surface area contributed by atoms with E-state index in [1.54, 1.807) is 12.1 Å². The van der Waals surface area contributed by atoms with Gasteiger partial charge in [-0.05, 0) is 77.6 Å². The zero-order valence-corrected chi connectivity index (χ0v) is 21.8. The summed E-state index contributed by atoms with van der Waals surface area (Å²) in [6.07, 6.45) is 10.4. The molecule has 0 bridgehead atoms. The lowest BCUT2D eigenvalue weighted by Gasteiger charge is -2.33. The van der Waals surface area contributed by atoms with Gasteiger partial charge in [0.05, 0.1) is 16.2 Å². The summed E-state index contributed by atoms with van der Waals surface area (Å²) in [5.41, 5.74) is 4.58. The molecule has 3 rings (SSSR count). The summed E-state index contributed by atoms with van der Waals surface area (Å²) in [7, 11) is -3.29. The van der Waals surface area contributed by atoms with E-state index in [0.717, 1.165) is 41.5 Å². The summed E-state index contributed by atoms with van der Waals surface area (Å²) in [5, 5.41) is 9.60. The normalized spacial score (nSPS) is 16.8. The third-order valence-corrected chi connectivity index (χ3v) is 8.80. The van der Waals surface area contributed by atoms with E-state index >= 15 is 0 Å². The molecule has 0 radical (unpaired) electrons. The van der Waals surface area contributed by atoms with E-state index in [1.165, 1.54) is 25.7 Å². The Balaban J connectivity index is 2.06. The van der Waals surface area contributed by atoms with Gasteiger partial charge in [0.25, 0.3) is 0 Å². The molecule has 34 heavy (non-hydrogen) atoms. The molecule has 1 aliphatic rings. The Kier molecular flexibility index (Phi) is 8.40. The number of aryl methyl sites for hydroxylation is 1. The molecule has 0 fully saturated rings. The maximum Gasteiger partial charge on any atom is 0.336 e. The molecule has 2 aromatic rings. The van der Waals surface area contributed by atoms with Crippen LogP contribution in [0, 0.1) is 0 Å². The van der Waals surface area contributed by atoms with Crippen LogP contribution in [0.4, 0.5) is 0 Å². The van der Waals surface area contributed by atoms with Gasteiger partial charge in [-0.25, -0.2) is 13.2 Å². The first kappa shape index (κ1) is 26.2. The van der Waals surface area contributed by atoms with Gasteiger partial charge in [0, 0.05) is 0 Å². The van der Waals surface area contributed by atoms with Crippen molar-refractivity contribution < 1.29 is 18.3 Å². The molecule has 1 aliphatic heterocycles. The molecule has 4 nitrogen and oxygen atoms in total. The minimum atomic E-state index is -3.29. The van der Waals surface area contributed by atoms with Crippen molar-refractivity contribution in [2.75, 3.05) is 5.75 Å². The van der Waals surface area contributed by atoms with Crippen LogP contribution >= 0.6 is 0 Å². The van der Waals surface area contributed by atoms with Crippen molar-refractivity contribution in [1.29, 1.82) is 0 Å². The molecule has 5 heteroatoms. The maximum absolute atomic E-state index is 13.0. The van der Waals surface area contributed by atoms with Crippen molar-refractivity contribution in [3.05, 3.63) is 64.2 Å². The minimum Gasteiger partial charge on any atom is -0.478 e. The standard InChI is InChI=1S/C29H38O4S/c1-5-6-7-8-9-10-13-23-19-27-26(29(3,4)16-17-34(27,32)33)20-25(23)21(2)18-22-14-11-12-15-24(22)28(30)31/h11-12,14-15,18-20H,5-10,13,16-17H2,1-4H3,(H,30,31)/b21-18+. The van der Waals surface area contributed by atoms with Gasteiger partial charge in [0.15, 0.2) is 9.84 Å². The molecule has 2 aromatic carbocycles. The van der Waals surface area contributed by atoms with Crippen molar-refractivity contribution in [3.63, 3.8) is 0 Å². The number of hydrogen-bond acceptors (Lipinski definition) is 3. The van der Waals surface area contributed by atoms with Crippen molar-refractivity contribution in [3.8, 4) is 0 Å². The number of benzene rings is 2. The van der Waals surface area contributed by atoms with Gasteiger partial charge in [0.1, 0.15) is 0 Å². The fourth-order valence-electron chi connectivity index (χ4n) is 4.84. The molecular formula is C29H38O4S. The van der Waals surface area contributed by atoms with Crippen molar-refractivity contribution in [2.45, 2.75) is 89.4 Å². The quantitative estimate of drug-likeness (QED) is 0.285. The van der Waals surface area contributed by atoms with Crippen molar-refractivity contribution in [2.24, 2.45) is 0 Å². The van der Waals surface area contributed by atoms with Crippen LogP contribution in [0.2, 0.25) is 0 Å². The van der Waals surface area contributed by atoms with Gasteiger partial charge >= 0.3 is 5.97 Å². The first-order valence-corrected chi connectivity index (χ1v) is 14.1. The van der Waals surface area contributed by atoms with Gasteiger partial charge < -0.3 is 5.11 Å². The number of unbranched alkanes of at least 4 members (excludes halogenated alkanes) is 5. The topological polar surface area (TPSA) is 71.4 Å². The summed E-state index contributed by atoms with van der Waals surface area (Å²) in [6, 6.07) is 11.0. The van der Waals surface area contributed by atoms with E-state index in [2.05, 4.69) is 26.8 Å². The number of fused-ring (bicyclic) bond motifs is 1. The highest BCUT2D eigenvalue weighted by molar-refractivity contribution is 7.91. The second kappa shape index (κ2) is 10.9. The molecule has 184 valence electrons. The molecule has 1 N–H and O–H groups in total. The lowest BCUT2D eigenvalue weighted by Crippen LogP contribution is -2.30. The molecular weight excluding hydrogens is 444 g/mol. The van der Waals surface area contributed by atoms with Crippen molar-refractivity contribution in [1.82, 2.24) is 0 Å². The van der Waals surface area contributed by atoms with Gasteiger partial charge in [-0.1, -0.05) is 77.2 Å². The Hall–Kier alpha value is -2.40. The summed E-state index contributed by atoms with van der Waals surface area (Å²) in [6.45, 7) is 8.42. The number of sulfone groups is 1. The van der Waals surface area contributed by atoms with E-state index in [-0.39, 0.29) is 16.7 Å². The Labute approximate surface area is 205 Å². The molecule has 0 aromatic heterocycles. The molecule has 1 heterocycles. The summed E-state index contributed by atoms with van der Waals surface area (Å²) < 4.78 is 25.9. The summed E-state index contributed by atoms with van der Waals surface area (Å²) in [4.78, 5) is 12.2. The average Bonchev–Trinajstić information content (AvgIpc) is 2.79. The van der Waals surface area contributed by atoms with Crippen LogP contribution in [0.25, 0.3) is 11.6 Å². The second-order valence-corrected chi connectivity index (χ2v) is 12.3. The highest BCUT2D eigenvalue weighted by atomic mass is 32.2. The van der Waals surface area contributed by atoms with Crippen LogP contribution in [0.15, 0.2) is 41.3 Å². The zero-order valence-electron chi connectivity index (χ0n) is 21.0. The molecule has 0 saturated carbocycles. The number of hydrogen-bond donors (Lipinski definition) is 1. The van der Waals surface area contributed by atoms with Crippen LogP contribution in [-0.4, -0.2) is 25.2 Å². The molecule has 0 saturated heterocycles. The Morgan fingerprint density at radius 3 is 2.41 bits per heavy atom. The third-order valence-electron chi connectivity index (χ3n) is 7.05. The third kappa shape index (κ3) is 5.99. The lowest BCUT2D eigenvalue weighted by molar-refractivity contribution is 0.0696. The molecule has 0 unspecified atom stereocenters. The first-order chi connectivity index (χ1) is 16.1. The maximum atomic E-state index is 13.0. The second-order valence-electron chi connectivity index (χ2n) is 10.2. The van der Waals surface area contributed by atoms with Crippen LogP contribution in [0.1, 0.15) is 105 Å². The highest BCUT2D eigenvalue weighted by Crippen LogP contribution is 2.41. The molecule has 0 spiro atoms. The van der Waals surface area contributed by atoms with E-state index < -0.39 is 15.8 Å². The van der Waals surface area contributed by atoms with E-state index in [1.807, 2.05) is 31.2 Å². The van der Waals surface area contributed by atoms with Gasteiger partial charge in [-0.3, -0.25) is 0 Å². The number of carboxylic acids is 1. The smallest absolute Gasteiger partial charge is 0.336 e. The number of rotatable bonds is 10. The van der Waals surface area contributed by atoms with Gasteiger partial charge in [0.2, 0.25) is 0 Å². The Morgan fingerprint density at radius 1 is 1.03 bits per heavy atom. The number of carboxylic acid groups (broad SMARTS) is 1. The fraction of sp³-hybridized carbons (Fsp3) is 0.483. The van der Waals surface area contributed by atoms with Crippen LogP contribution in [0.3, 0.4) is 0 Å². The van der Waals surface area contributed by atoms with E-state index in [9.17, 15) is 18.3 Å². The zero-order chi connectivity index (χ0) is 24.9. The van der Waals surface area contributed by atoms with E-state index in [0.29, 0.717) is 16.9 Å². The molecule has 0 aliphatic carbocycles. The largest absolute Gasteiger partial charge is 0.478 e. The van der Waals surface area contributed by atoms with E-state index in [4.69, 9.17) is 0 Å². The number of carbonyl (C=O) groups is 1. The lowest BCUT2D eigenvalue weighted by atomic mass is 9.79. The van der Waals surface area contributed by atoms with Gasteiger partial charge in [-0.15, -0.1) is 0 Å². The molecule has 0 atom stereocenters. The van der Waals surface area contributed by atoms with Crippen molar-refractivity contribution >= 4 is 27.5 Å². The Bertz CT molecular complexity index is 1170. The molecule has 0 amide bonds. The highest BCUT2D eigenvalue weighted by Gasteiger charge is 2.36. The average molecular weight is 483 g/mol. The fourth-order valence-corrected chi connectivity index (χ4v) is 6.83. The first-order valence-electron chi connectivity index (χ1n) is 12.5. The van der Waals surface area contributed by atoms with Crippen LogP contribution in [0.5, 0.6) is 0 Å². The monoisotopic (exact) mass is 482 g/mol. The Morgan fingerprint density at radius 2 is 1.71 bits per heavy atom. The predicted molar refractivity (Wildman–Crippen MR) is 140 cm³/mol. The number of aromatic carboxylic acids is 1.